The molecule has 8 nitrogen and oxygen atoms in total. The minimum atomic E-state index is -0.588. The van der Waals surface area contributed by atoms with Crippen molar-refractivity contribution in [1.82, 2.24) is 20.2 Å². The fraction of sp³-hybridized carbons (Fsp3) is 0.229. The van der Waals surface area contributed by atoms with Crippen molar-refractivity contribution in [2.75, 3.05) is 13.6 Å². The van der Waals surface area contributed by atoms with Crippen LogP contribution in [0.2, 0.25) is 0 Å². The lowest BCUT2D eigenvalue weighted by atomic mass is 9.89. The molecule has 1 aliphatic rings. The molecule has 1 aliphatic heterocycles. The number of likely N-dealkylation sites (N-methyl/N-ethyl adjacent to an activating group) is 1. The zero-order chi connectivity index (χ0) is 38.6. The molecule has 5 atom stereocenters. The topological polar surface area (TPSA) is 96.8 Å². The first kappa shape index (κ1) is 37.2. The smallest absolute Gasteiger partial charge is 0.271 e. The number of hydrogen-bond acceptors (Lipinski definition) is 7. The number of nitrogens with zero attached hydrogens (tertiary/aromatic N) is 3. The fourth-order valence-electron chi connectivity index (χ4n) is 7.60. The molecule has 2 heterocycles. The molecule has 0 bridgehead atoms. The normalized spacial score (nSPS) is 18.9. The molecule has 0 saturated carbocycles. The van der Waals surface area contributed by atoms with Gasteiger partial charge in [0.1, 0.15) is 5.69 Å². The van der Waals surface area contributed by atoms with Gasteiger partial charge in [-0.25, -0.2) is 4.98 Å². The highest BCUT2D eigenvalue weighted by Gasteiger charge is 2.39. The van der Waals surface area contributed by atoms with Gasteiger partial charge in [0.2, 0.25) is 0 Å². The van der Waals surface area contributed by atoms with Crippen molar-refractivity contribution in [3.8, 4) is 11.1 Å². The van der Waals surface area contributed by atoms with Crippen molar-refractivity contribution < 1.29 is 19.4 Å². The van der Waals surface area contributed by atoms with Crippen molar-refractivity contribution >= 4 is 27.7 Å². The van der Waals surface area contributed by atoms with E-state index >= 15 is 0 Å². The van der Waals surface area contributed by atoms with Crippen LogP contribution >= 0.6 is 0 Å². The molecular formula is C48H46N4O4. The van der Waals surface area contributed by atoms with Crippen LogP contribution in [0.15, 0.2) is 146 Å². The Morgan fingerprint density at radius 2 is 1.50 bits per heavy atom. The fourth-order valence-corrected chi connectivity index (χ4v) is 7.60. The summed E-state index contributed by atoms with van der Waals surface area (Å²) in [5.41, 5.74) is 8.84. The highest BCUT2D eigenvalue weighted by Crippen LogP contribution is 2.42. The molecule has 0 aliphatic carbocycles. The van der Waals surface area contributed by atoms with E-state index in [0.29, 0.717) is 18.6 Å². The number of fused-ring (bicyclic) bond motifs is 2. The average Bonchev–Trinajstić information content (AvgIpc) is 3.25. The number of hydrogen-bond donors (Lipinski definition) is 2. The van der Waals surface area contributed by atoms with Crippen LogP contribution in [0.5, 0.6) is 0 Å². The van der Waals surface area contributed by atoms with Crippen LogP contribution in [0.25, 0.3) is 32.9 Å². The summed E-state index contributed by atoms with van der Waals surface area (Å²) in [6.07, 6.45) is 0.587. The van der Waals surface area contributed by atoms with Gasteiger partial charge in [0, 0.05) is 30.6 Å². The first-order valence-electron chi connectivity index (χ1n) is 19.2. The molecule has 0 spiro atoms. The number of carbonyl (C=O) groups is 1. The van der Waals surface area contributed by atoms with Gasteiger partial charge in [-0.2, -0.15) is 0 Å². The lowest BCUT2D eigenvalue weighted by Crippen LogP contribution is -2.44. The summed E-state index contributed by atoms with van der Waals surface area (Å²) in [6, 6.07) is 47.3. The van der Waals surface area contributed by atoms with Gasteiger partial charge in [0.05, 0.1) is 36.0 Å². The molecule has 1 saturated heterocycles. The van der Waals surface area contributed by atoms with Crippen LogP contribution < -0.4 is 5.32 Å². The van der Waals surface area contributed by atoms with E-state index in [0.717, 1.165) is 38.9 Å². The predicted molar refractivity (Wildman–Crippen MR) is 221 cm³/mol. The number of aromatic nitrogens is 2. The Morgan fingerprint density at radius 1 is 0.804 bits per heavy atom. The maximum Gasteiger partial charge on any atom is 0.271 e. The number of benzene rings is 6. The van der Waals surface area contributed by atoms with E-state index in [1.165, 1.54) is 22.5 Å². The van der Waals surface area contributed by atoms with Gasteiger partial charge in [-0.3, -0.25) is 14.7 Å². The largest absolute Gasteiger partial charge is 0.392 e. The summed E-state index contributed by atoms with van der Waals surface area (Å²) in [7, 11) is 2.16. The number of carbonyl (C=O) groups excluding carboxylic acids is 1. The molecule has 0 radical (unpaired) electrons. The highest BCUT2D eigenvalue weighted by atomic mass is 16.7. The van der Waals surface area contributed by atoms with E-state index in [-0.39, 0.29) is 42.4 Å². The summed E-state index contributed by atoms with van der Waals surface area (Å²) < 4.78 is 13.6. The van der Waals surface area contributed by atoms with Crippen LogP contribution in [0, 0.1) is 5.92 Å². The van der Waals surface area contributed by atoms with Crippen molar-refractivity contribution in [2.45, 2.75) is 51.5 Å². The third kappa shape index (κ3) is 7.96. The van der Waals surface area contributed by atoms with E-state index < -0.39 is 6.29 Å². The molecule has 0 unspecified atom stereocenters. The molecule has 8 rings (SSSR count). The van der Waals surface area contributed by atoms with Crippen LogP contribution in [0.1, 0.15) is 70.6 Å². The molecule has 1 fully saturated rings. The van der Waals surface area contributed by atoms with Crippen molar-refractivity contribution in [3.63, 3.8) is 0 Å². The third-order valence-corrected chi connectivity index (χ3v) is 11.1. The SMILES string of the molecule is C[C@H]1[C@@H](CN(C)[C@H](C)c2ccc3ccccc3c2)O[C@@H](c2ccc(-c3ccccc3CNC(=O)c3cnc4ccccc4n3)cc2)O[C@H]1c1ccc(CO)cc1. The number of nitrogens with one attached hydrogen (secondary N) is 1. The Labute approximate surface area is 327 Å². The highest BCUT2D eigenvalue weighted by molar-refractivity contribution is 5.93. The van der Waals surface area contributed by atoms with E-state index in [1.54, 1.807) is 0 Å². The van der Waals surface area contributed by atoms with E-state index in [4.69, 9.17) is 9.47 Å². The number of rotatable bonds is 11. The number of aliphatic hydroxyl groups excluding tert-OH is 1. The van der Waals surface area contributed by atoms with Gasteiger partial charge >= 0.3 is 0 Å². The molecule has 8 heteroatoms. The molecule has 2 N–H and O–H groups in total. The zero-order valence-electron chi connectivity index (χ0n) is 31.9. The molecule has 1 amide bonds. The first-order chi connectivity index (χ1) is 27.3. The van der Waals surface area contributed by atoms with Crippen LogP contribution in [-0.2, 0) is 22.6 Å². The zero-order valence-corrected chi connectivity index (χ0v) is 31.9. The van der Waals surface area contributed by atoms with Crippen LogP contribution in [0.4, 0.5) is 0 Å². The van der Waals surface area contributed by atoms with Crippen LogP contribution in [0.3, 0.4) is 0 Å². The lowest BCUT2D eigenvalue weighted by molar-refractivity contribution is -0.276. The van der Waals surface area contributed by atoms with Gasteiger partial charge in [-0.15, -0.1) is 0 Å². The monoisotopic (exact) mass is 742 g/mol. The maximum absolute atomic E-state index is 13.1. The number of ether oxygens (including phenoxy) is 2. The summed E-state index contributed by atoms with van der Waals surface area (Å²) in [5, 5.41) is 15.2. The number of para-hydroxylation sites is 2. The van der Waals surface area contributed by atoms with Crippen LogP contribution in [-0.4, -0.2) is 45.6 Å². The molecule has 6 aromatic carbocycles. The minimum absolute atomic E-state index is 0.00579. The van der Waals surface area contributed by atoms with Crippen molar-refractivity contribution in [1.29, 1.82) is 0 Å². The van der Waals surface area contributed by atoms with Gasteiger partial charge in [-0.1, -0.05) is 128 Å². The van der Waals surface area contributed by atoms with Gasteiger partial charge in [-0.05, 0) is 76.3 Å². The second kappa shape index (κ2) is 16.5. The van der Waals surface area contributed by atoms with Gasteiger partial charge < -0.3 is 19.9 Å². The second-order valence-corrected chi connectivity index (χ2v) is 14.7. The second-order valence-electron chi connectivity index (χ2n) is 14.7. The first-order valence-corrected chi connectivity index (χ1v) is 19.2. The Balaban J connectivity index is 1.01. The van der Waals surface area contributed by atoms with E-state index in [1.807, 2.05) is 54.6 Å². The average molecular weight is 743 g/mol. The van der Waals surface area contributed by atoms with Gasteiger partial charge in [0.15, 0.2) is 6.29 Å². The summed E-state index contributed by atoms with van der Waals surface area (Å²) in [4.78, 5) is 24.4. The molecular weight excluding hydrogens is 697 g/mol. The summed E-state index contributed by atoms with van der Waals surface area (Å²) >= 11 is 0. The van der Waals surface area contributed by atoms with Crippen molar-refractivity contribution in [2.24, 2.45) is 5.92 Å². The summed E-state index contributed by atoms with van der Waals surface area (Å²) in [6.45, 7) is 5.49. The molecule has 7 aromatic rings. The maximum atomic E-state index is 13.1. The standard InChI is InChI=1S/C48H46N4O4/c1-31-45(29-52(3)32(2)38-25-20-34-10-4-5-11-39(34)26-38)55-48(56-46(31)36-18-16-33(30-53)17-19-36)37-23-21-35(22-24-37)41-13-7-6-12-40(41)27-50-47(54)44-28-49-42-14-8-9-15-43(42)51-44/h4-26,28,31-32,45-46,48,53H,27,29-30H2,1-3H3,(H,50,54)/t31-,32+,45+,46+,48+/m0/s1. The van der Waals surface area contributed by atoms with Gasteiger partial charge in [0.25, 0.3) is 5.91 Å². The Hall–Kier alpha value is -5.77. The molecule has 282 valence electrons. The number of amides is 1. The lowest BCUT2D eigenvalue weighted by Gasteiger charge is -2.43. The Bertz CT molecular complexity index is 2450. The quantitative estimate of drug-likeness (QED) is 0.136. The van der Waals surface area contributed by atoms with E-state index in [2.05, 4.69) is 126 Å². The number of aliphatic hydroxyl groups is 1. The predicted octanol–water partition coefficient (Wildman–Crippen LogP) is 9.36. The third-order valence-electron chi connectivity index (χ3n) is 11.1. The van der Waals surface area contributed by atoms with E-state index in [9.17, 15) is 9.90 Å². The summed E-state index contributed by atoms with van der Waals surface area (Å²) in [5.74, 6) is -0.221. The molecule has 56 heavy (non-hydrogen) atoms. The van der Waals surface area contributed by atoms with Crippen molar-refractivity contribution in [3.05, 3.63) is 179 Å². The molecule has 1 aromatic heterocycles. The minimum Gasteiger partial charge on any atom is -0.392 e. The Morgan fingerprint density at radius 3 is 2.29 bits per heavy atom. The Kier molecular flexibility index (Phi) is 11.0.